The van der Waals surface area contributed by atoms with Crippen molar-refractivity contribution in [1.29, 1.82) is 0 Å². The van der Waals surface area contributed by atoms with Crippen LogP contribution in [0.15, 0.2) is 28.7 Å². The lowest BCUT2D eigenvalue weighted by atomic mass is 9.87. The number of nitrogens with zero attached hydrogens (tertiary/aromatic N) is 1. The summed E-state index contributed by atoms with van der Waals surface area (Å²) in [7, 11) is -2.03. The van der Waals surface area contributed by atoms with Crippen molar-refractivity contribution in [2.45, 2.75) is 83.3 Å². The summed E-state index contributed by atoms with van der Waals surface area (Å²) in [4.78, 5) is 14.8. The van der Waals surface area contributed by atoms with E-state index in [0.717, 1.165) is 10.0 Å². The molecule has 0 saturated carbocycles. The van der Waals surface area contributed by atoms with Crippen LogP contribution in [0.2, 0.25) is 18.1 Å². The average Bonchev–Trinajstić information content (AvgIpc) is 2.92. The quantitative estimate of drug-likeness (QED) is 0.558. The number of benzene rings is 1. The highest BCUT2D eigenvalue weighted by molar-refractivity contribution is 9.10. The number of aliphatic hydroxyl groups excluding tert-OH is 1. The number of ether oxygens (including phenoxy) is 1. The number of hydrogen-bond acceptors (Lipinski definition) is 4. The molecule has 0 spiro atoms. The SMILES string of the molecule is CC(C)(C)OC(=O)N1C[C@H](O[Si](C)(C)C(C)(C)C)C[C@@]1(CO)c1ccc(Br)cc1. The van der Waals surface area contributed by atoms with Crippen LogP contribution < -0.4 is 0 Å². The molecule has 1 N–H and O–H groups in total. The lowest BCUT2D eigenvalue weighted by Crippen LogP contribution is -2.49. The molecule has 29 heavy (non-hydrogen) atoms. The van der Waals surface area contributed by atoms with Crippen LogP contribution in [0.3, 0.4) is 0 Å². The zero-order valence-electron chi connectivity index (χ0n) is 19.0. The molecule has 0 aromatic heterocycles. The molecular formula is C22H36BrNO4Si. The van der Waals surface area contributed by atoms with E-state index in [1.807, 2.05) is 45.0 Å². The maximum Gasteiger partial charge on any atom is 0.411 e. The van der Waals surface area contributed by atoms with Crippen LogP contribution in [0.25, 0.3) is 0 Å². The van der Waals surface area contributed by atoms with Gasteiger partial charge in [-0.25, -0.2) is 4.79 Å². The molecule has 2 rings (SSSR count). The van der Waals surface area contributed by atoms with E-state index < -0.39 is 25.6 Å². The maximum atomic E-state index is 13.1. The molecule has 1 aliphatic heterocycles. The second kappa shape index (κ2) is 8.33. The van der Waals surface area contributed by atoms with Crippen molar-refractivity contribution >= 4 is 30.3 Å². The molecule has 7 heteroatoms. The molecular weight excluding hydrogens is 450 g/mol. The Kier molecular flexibility index (Phi) is 7.00. The number of aliphatic hydroxyl groups is 1. The van der Waals surface area contributed by atoms with Crippen LogP contribution in [0.1, 0.15) is 53.5 Å². The lowest BCUT2D eigenvalue weighted by Gasteiger charge is -2.38. The smallest absolute Gasteiger partial charge is 0.411 e. The molecule has 1 fully saturated rings. The van der Waals surface area contributed by atoms with E-state index in [1.165, 1.54) is 0 Å². The minimum absolute atomic E-state index is 0.0613. The van der Waals surface area contributed by atoms with Gasteiger partial charge >= 0.3 is 6.09 Å². The van der Waals surface area contributed by atoms with Gasteiger partial charge < -0.3 is 14.3 Å². The number of likely N-dealkylation sites (tertiary alicyclic amines) is 1. The molecule has 1 heterocycles. The fourth-order valence-corrected chi connectivity index (χ4v) is 5.05. The van der Waals surface area contributed by atoms with Crippen molar-refractivity contribution in [3.63, 3.8) is 0 Å². The van der Waals surface area contributed by atoms with E-state index in [-0.39, 0.29) is 17.7 Å². The van der Waals surface area contributed by atoms with Crippen molar-refractivity contribution in [2.24, 2.45) is 0 Å². The Hall–Kier alpha value is -0.893. The van der Waals surface area contributed by atoms with Crippen LogP contribution in [-0.2, 0) is 14.7 Å². The van der Waals surface area contributed by atoms with Crippen molar-refractivity contribution < 1.29 is 19.1 Å². The van der Waals surface area contributed by atoms with Crippen molar-refractivity contribution in [1.82, 2.24) is 4.90 Å². The first-order chi connectivity index (χ1) is 13.1. The second-order valence-electron chi connectivity index (χ2n) is 10.5. The Morgan fingerprint density at radius 1 is 1.21 bits per heavy atom. The summed E-state index contributed by atoms with van der Waals surface area (Å²) < 4.78 is 13.3. The average molecular weight is 487 g/mol. The summed E-state index contributed by atoms with van der Waals surface area (Å²) in [5.74, 6) is 0. The molecule has 1 aromatic rings. The van der Waals surface area contributed by atoms with Gasteiger partial charge in [-0.1, -0.05) is 48.8 Å². The first kappa shape index (κ1) is 24.4. The predicted molar refractivity (Wildman–Crippen MR) is 123 cm³/mol. The first-order valence-corrected chi connectivity index (χ1v) is 13.9. The normalized spacial score (nSPS) is 23.4. The molecule has 0 aliphatic carbocycles. The van der Waals surface area contributed by atoms with Crippen LogP contribution in [0, 0.1) is 0 Å². The van der Waals surface area contributed by atoms with Gasteiger partial charge in [0.05, 0.1) is 24.8 Å². The summed E-state index contributed by atoms with van der Waals surface area (Å²) in [6.45, 7) is 16.8. The van der Waals surface area contributed by atoms with Gasteiger partial charge in [-0.3, -0.25) is 4.90 Å². The highest BCUT2D eigenvalue weighted by Crippen LogP contribution is 2.44. The maximum absolute atomic E-state index is 13.1. The van der Waals surface area contributed by atoms with Gasteiger partial charge in [-0.15, -0.1) is 0 Å². The predicted octanol–water partition coefficient (Wildman–Crippen LogP) is 5.67. The van der Waals surface area contributed by atoms with E-state index in [0.29, 0.717) is 13.0 Å². The molecule has 1 aliphatic rings. The topological polar surface area (TPSA) is 59.0 Å². The third kappa shape index (κ3) is 5.43. The third-order valence-electron chi connectivity index (χ3n) is 5.99. The fourth-order valence-electron chi connectivity index (χ4n) is 3.44. The Bertz CT molecular complexity index is 724. The molecule has 1 aromatic carbocycles. The summed E-state index contributed by atoms with van der Waals surface area (Å²) in [5.41, 5.74) is -0.595. The van der Waals surface area contributed by atoms with Gasteiger partial charge in [0.1, 0.15) is 5.60 Å². The first-order valence-electron chi connectivity index (χ1n) is 10.2. The van der Waals surface area contributed by atoms with Gasteiger partial charge in [0.15, 0.2) is 8.32 Å². The van der Waals surface area contributed by atoms with Crippen molar-refractivity contribution in [2.75, 3.05) is 13.2 Å². The third-order valence-corrected chi connectivity index (χ3v) is 11.1. The van der Waals surface area contributed by atoms with Crippen LogP contribution >= 0.6 is 15.9 Å². The van der Waals surface area contributed by atoms with Crippen molar-refractivity contribution in [3.05, 3.63) is 34.3 Å². The van der Waals surface area contributed by atoms with E-state index in [1.54, 1.807) is 4.90 Å². The number of hydrogen-bond donors (Lipinski definition) is 1. The molecule has 0 radical (unpaired) electrons. The number of carbonyl (C=O) groups excluding carboxylic acids is 1. The molecule has 5 nitrogen and oxygen atoms in total. The molecule has 1 saturated heterocycles. The summed E-state index contributed by atoms with van der Waals surface area (Å²) in [5, 5.41) is 10.6. The number of carbonyl (C=O) groups is 1. The number of rotatable bonds is 4. The Morgan fingerprint density at radius 3 is 2.21 bits per heavy atom. The zero-order chi connectivity index (χ0) is 22.3. The number of halogens is 1. The van der Waals surface area contributed by atoms with Gasteiger partial charge in [0.25, 0.3) is 0 Å². The summed E-state index contributed by atoms with van der Waals surface area (Å²) >= 11 is 3.46. The molecule has 1 amide bonds. The molecule has 0 bridgehead atoms. The largest absolute Gasteiger partial charge is 0.444 e. The molecule has 2 atom stereocenters. The van der Waals surface area contributed by atoms with Gasteiger partial charge in [-0.2, -0.15) is 0 Å². The van der Waals surface area contributed by atoms with Gasteiger partial charge in [0, 0.05) is 10.9 Å². The van der Waals surface area contributed by atoms with E-state index in [2.05, 4.69) is 49.8 Å². The van der Waals surface area contributed by atoms with E-state index >= 15 is 0 Å². The fraction of sp³-hybridized carbons (Fsp3) is 0.682. The molecule has 0 unspecified atom stereocenters. The number of amides is 1. The summed E-state index contributed by atoms with van der Waals surface area (Å²) in [6, 6.07) is 7.77. The molecule has 164 valence electrons. The van der Waals surface area contributed by atoms with Crippen molar-refractivity contribution in [3.8, 4) is 0 Å². The van der Waals surface area contributed by atoms with Gasteiger partial charge in [-0.05, 0) is 56.6 Å². The standard InChI is InChI=1S/C22H36BrNO4Si/c1-20(2,3)27-19(26)24-14-18(28-29(7,8)21(4,5)6)13-22(24,15-25)16-9-11-17(23)12-10-16/h9-12,18,25H,13-15H2,1-8H3/t18-,22-/m1/s1. The minimum Gasteiger partial charge on any atom is -0.444 e. The minimum atomic E-state index is -2.03. The van der Waals surface area contributed by atoms with Crippen LogP contribution in [-0.4, -0.2) is 49.3 Å². The zero-order valence-corrected chi connectivity index (χ0v) is 21.6. The highest BCUT2D eigenvalue weighted by Gasteiger charge is 2.52. The lowest BCUT2D eigenvalue weighted by molar-refractivity contribution is -0.00626. The Morgan fingerprint density at radius 2 is 1.76 bits per heavy atom. The Balaban J connectivity index is 2.43. The highest BCUT2D eigenvalue weighted by atomic mass is 79.9. The van der Waals surface area contributed by atoms with E-state index in [4.69, 9.17) is 9.16 Å². The van der Waals surface area contributed by atoms with Crippen LogP contribution in [0.5, 0.6) is 0 Å². The van der Waals surface area contributed by atoms with Crippen LogP contribution in [0.4, 0.5) is 4.79 Å². The monoisotopic (exact) mass is 485 g/mol. The van der Waals surface area contributed by atoms with E-state index in [9.17, 15) is 9.90 Å². The summed E-state index contributed by atoms with van der Waals surface area (Å²) in [6.07, 6.45) is -0.0355. The Labute approximate surface area is 185 Å². The van der Waals surface area contributed by atoms with Gasteiger partial charge in [0.2, 0.25) is 0 Å². The second-order valence-corrected chi connectivity index (χ2v) is 16.2.